The van der Waals surface area contributed by atoms with E-state index in [0.717, 1.165) is 5.56 Å². The first-order chi connectivity index (χ1) is 8.66. The zero-order chi connectivity index (χ0) is 13.0. The van der Waals surface area contributed by atoms with Gasteiger partial charge >= 0.3 is 0 Å². The molecule has 0 fully saturated rings. The second-order valence-corrected chi connectivity index (χ2v) is 3.95. The van der Waals surface area contributed by atoms with Gasteiger partial charge in [0.1, 0.15) is 5.69 Å². The summed E-state index contributed by atoms with van der Waals surface area (Å²) in [6.07, 6.45) is 3.36. The molecule has 5 nitrogen and oxygen atoms in total. The molecule has 92 valence electrons. The summed E-state index contributed by atoms with van der Waals surface area (Å²) in [6, 6.07) is 8.22. The van der Waals surface area contributed by atoms with E-state index in [9.17, 15) is 9.59 Å². The van der Waals surface area contributed by atoms with E-state index in [1.165, 1.54) is 6.07 Å². The van der Waals surface area contributed by atoms with Crippen LogP contribution < -0.4 is 5.56 Å². The Hall–Kier alpha value is -2.43. The summed E-state index contributed by atoms with van der Waals surface area (Å²) in [4.78, 5) is 31.2. The molecule has 0 saturated heterocycles. The van der Waals surface area contributed by atoms with Crippen LogP contribution in [-0.4, -0.2) is 27.8 Å². The predicted molar refractivity (Wildman–Crippen MR) is 67.1 cm³/mol. The number of carbonyl (C=O) groups is 1. The second-order valence-electron chi connectivity index (χ2n) is 3.95. The highest BCUT2D eigenvalue weighted by atomic mass is 16.2. The fourth-order valence-corrected chi connectivity index (χ4v) is 1.61. The molecule has 2 aromatic heterocycles. The molecule has 0 bridgehead atoms. The van der Waals surface area contributed by atoms with Crippen molar-refractivity contribution in [2.75, 3.05) is 7.05 Å². The van der Waals surface area contributed by atoms with Crippen molar-refractivity contribution in [3.05, 3.63) is 64.3 Å². The molecule has 0 aromatic carbocycles. The number of carbonyl (C=O) groups excluding carboxylic acids is 1. The van der Waals surface area contributed by atoms with E-state index >= 15 is 0 Å². The number of amides is 1. The number of H-pyrrole nitrogens is 1. The third kappa shape index (κ3) is 2.82. The molecular formula is C13H13N3O2. The molecule has 0 spiro atoms. The van der Waals surface area contributed by atoms with Crippen molar-refractivity contribution < 1.29 is 4.79 Å². The Morgan fingerprint density at radius 3 is 2.67 bits per heavy atom. The summed E-state index contributed by atoms with van der Waals surface area (Å²) < 4.78 is 0. The number of aromatic amines is 1. The molecule has 0 unspecified atom stereocenters. The lowest BCUT2D eigenvalue weighted by Gasteiger charge is -2.16. The minimum absolute atomic E-state index is 0.218. The molecule has 0 aliphatic heterocycles. The predicted octanol–water partition coefficient (Wildman–Crippen LogP) is 1.04. The van der Waals surface area contributed by atoms with Crippen LogP contribution in [0.5, 0.6) is 0 Å². The van der Waals surface area contributed by atoms with E-state index in [0.29, 0.717) is 12.2 Å². The largest absolute Gasteiger partial charge is 0.336 e. The van der Waals surface area contributed by atoms with Crippen molar-refractivity contribution >= 4 is 5.91 Å². The van der Waals surface area contributed by atoms with Gasteiger partial charge in [0, 0.05) is 32.1 Å². The molecule has 2 heterocycles. The van der Waals surface area contributed by atoms with Gasteiger partial charge in [-0.05, 0) is 23.8 Å². The first-order valence-electron chi connectivity index (χ1n) is 5.50. The lowest BCUT2D eigenvalue weighted by atomic mass is 10.2. The van der Waals surface area contributed by atoms with Gasteiger partial charge < -0.3 is 9.88 Å². The molecule has 0 saturated carbocycles. The molecule has 18 heavy (non-hydrogen) atoms. The number of rotatable bonds is 3. The molecule has 2 aromatic rings. The van der Waals surface area contributed by atoms with Crippen LogP contribution in [0, 0.1) is 0 Å². The van der Waals surface area contributed by atoms with E-state index in [2.05, 4.69) is 9.97 Å². The number of aromatic nitrogens is 2. The number of pyridine rings is 2. The van der Waals surface area contributed by atoms with Crippen molar-refractivity contribution in [3.8, 4) is 0 Å². The highest BCUT2D eigenvalue weighted by Crippen LogP contribution is 2.04. The molecule has 1 amide bonds. The Labute approximate surface area is 104 Å². The van der Waals surface area contributed by atoms with E-state index in [1.807, 2.05) is 12.1 Å². The zero-order valence-electron chi connectivity index (χ0n) is 9.96. The molecule has 2 rings (SSSR count). The fourth-order valence-electron chi connectivity index (χ4n) is 1.61. The quantitative estimate of drug-likeness (QED) is 0.876. The van der Waals surface area contributed by atoms with Gasteiger partial charge in [-0.15, -0.1) is 0 Å². The van der Waals surface area contributed by atoms with Gasteiger partial charge in [0.15, 0.2) is 0 Å². The summed E-state index contributed by atoms with van der Waals surface area (Å²) in [5.41, 5.74) is 0.997. The van der Waals surface area contributed by atoms with Gasteiger partial charge in [0.2, 0.25) is 5.56 Å². The Kier molecular flexibility index (Phi) is 3.52. The monoisotopic (exact) mass is 243 g/mol. The van der Waals surface area contributed by atoms with Gasteiger partial charge in [-0.3, -0.25) is 14.6 Å². The van der Waals surface area contributed by atoms with Crippen molar-refractivity contribution in [2.24, 2.45) is 0 Å². The number of nitrogens with one attached hydrogen (secondary N) is 1. The molecule has 0 radical (unpaired) electrons. The lowest BCUT2D eigenvalue weighted by molar-refractivity contribution is 0.0779. The lowest BCUT2D eigenvalue weighted by Crippen LogP contribution is -2.28. The molecule has 1 N–H and O–H groups in total. The molecule has 0 aliphatic carbocycles. The van der Waals surface area contributed by atoms with Gasteiger partial charge in [-0.25, -0.2) is 0 Å². The first kappa shape index (κ1) is 12.0. The summed E-state index contributed by atoms with van der Waals surface area (Å²) in [5.74, 6) is -0.218. The third-order valence-electron chi connectivity index (χ3n) is 2.51. The number of nitrogens with zero attached hydrogens (tertiary/aromatic N) is 2. The van der Waals surface area contributed by atoms with E-state index in [-0.39, 0.29) is 11.5 Å². The molecule has 0 atom stereocenters. The van der Waals surface area contributed by atoms with Crippen molar-refractivity contribution in [1.82, 2.24) is 14.9 Å². The number of hydrogen-bond donors (Lipinski definition) is 1. The van der Waals surface area contributed by atoms with Crippen LogP contribution in [0.2, 0.25) is 0 Å². The maximum Gasteiger partial charge on any atom is 0.270 e. The van der Waals surface area contributed by atoms with Crippen LogP contribution in [-0.2, 0) is 6.54 Å². The van der Waals surface area contributed by atoms with Crippen LogP contribution in [0.4, 0.5) is 0 Å². The average Bonchev–Trinajstić information content (AvgIpc) is 2.39. The fraction of sp³-hybridized carbons (Fsp3) is 0.154. The van der Waals surface area contributed by atoms with Crippen molar-refractivity contribution in [1.29, 1.82) is 0 Å². The van der Waals surface area contributed by atoms with Gasteiger partial charge in [0.25, 0.3) is 5.91 Å². The minimum Gasteiger partial charge on any atom is -0.336 e. The maximum absolute atomic E-state index is 12.0. The normalized spacial score (nSPS) is 10.1. The van der Waals surface area contributed by atoms with Crippen LogP contribution in [0.3, 0.4) is 0 Å². The maximum atomic E-state index is 12.0. The topological polar surface area (TPSA) is 66.1 Å². The van der Waals surface area contributed by atoms with Crippen LogP contribution in [0.25, 0.3) is 0 Å². The highest BCUT2D eigenvalue weighted by molar-refractivity contribution is 5.91. The smallest absolute Gasteiger partial charge is 0.270 e. The van der Waals surface area contributed by atoms with Crippen LogP contribution >= 0.6 is 0 Å². The SMILES string of the molecule is CN(Cc1ccncc1)C(=O)c1cccc(=O)[nH]1. The third-order valence-corrected chi connectivity index (χ3v) is 2.51. The van der Waals surface area contributed by atoms with Gasteiger partial charge in [0.05, 0.1) is 0 Å². The van der Waals surface area contributed by atoms with E-state index in [1.54, 1.807) is 36.5 Å². The molecule has 5 heteroatoms. The minimum atomic E-state index is -0.279. The Balaban J connectivity index is 2.12. The van der Waals surface area contributed by atoms with Gasteiger partial charge in [-0.1, -0.05) is 6.07 Å². The Morgan fingerprint density at radius 2 is 2.00 bits per heavy atom. The molecular weight excluding hydrogens is 230 g/mol. The van der Waals surface area contributed by atoms with Gasteiger partial charge in [-0.2, -0.15) is 0 Å². The summed E-state index contributed by atoms with van der Waals surface area (Å²) >= 11 is 0. The first-order valence-corrected chi connectivity index (χ1v) is 5.50. The van der Waals surface area contributed by atoms with Crippen LogP contribution in [0.1, 0.15) is 16.1 Å². The van der Waals surface area contributed by atoms with Crippen LogP contribution in [0.15, 0.2) is 47.5 Å². The second kappa shape index (κ2) is 5.27. The average molecular weight is 243 g/mol. The van der Waals surface area contributed by atoms with E-state index in [4.69, 9.17) is 0 Å². The summed E-state index contributed by atoms with van der Waals surface area (Å²) in [6.45, 7) is 0.471. The standard InChI is InChI=1S/C13H13N3O2/c1-16(9-10-5-7-14-8-6-10)13(18)11-3-2-4-12(17)15-11/h2-8H,9H2,1H3,(H,15,17). The summed E-state index contributed by atoms with van der Waals surface area (Å²) in [7, 11) is 1.69. The van der Waals surface area contributed by atoms with Crippen molar-refractivity contribution in [2.45, 2.75) is 6.54 Å². The zero-order valence-corrected chi connectivity index (χ0v) is 9.96. The van der Waals surface area contributed by atoms with Crippen molar-refractivity contribution in [3.63, 3.8) is 0 Å². The summed E-state index contributed by atoms with van der Waals surface area (Å²) in [5, 5.41) is 0. The highest BCUT2D eigenvalue weighted by Gasteiger charge is 2.12. The van der Waals surface area contributed by atoms with E-state index < -0.39 is 0 Å². The molecule has 0 aliphatic rings. The Bertz CT molecular complexity index is 592. The number of hydrogen-bond acceptors (Lipinski definition) is 3. The Morgan fingerprint density at radius 1 is 1.28 bits per heavy atom.